The summed E-state index contributed by atoms with van der Waals surface area (Å²) in [6.07, 6.45) is -4.33. The van der Waals surface area contributed by atoms with Gasteiger partial charge >= 0.3 is 12.1 Å². The van der Waals surface area contributed by atoms with E-state index in [9.17, 15) is 37.5 Å². The standard InChI is InChI=1S/C18H18F3NO5S/c1-10(23)28-14(9-15(24)22-7-3-6-13(22)17(26)27)16(25)11-4-2-5-12(8-11)18(19,20)21/h2,4-5,8,13-14H,3,6-7,9H2,1H3,(H,26,27)/t13-,14?/m0/s1. The minimum absolute atomic E-state index is 0.213. The molecule has 28 heavy (non-hydrogen) atoms. The minimum atomic E-state index is -4.64. The summed E-state index contributed by atoms with van der Waals surface area (Å²) in [5.41, 5.74) is -1.28. The van der Waals surface area contributed by atoms with E-state index in [4.69, 9.17) is 0 Å². The van der Waals surface area contributed by atoms with Gasteiger partial charge in [-0.05, 0) is 25.0 Å². The van der Waals surface area contributed by atoms with Gasteiger partial charge in [-0.1, -0.05) is 23.9 Å². The normalized spacial score (nSPS) is 18.0. The average Bonchev–Trinajstić information content (AvgIpc) is 3.09. The number of thioether (sulfide) groups is 1. The van der Waals surface area contributed by atoms with Crippen LogP contribution in [0.4, 0.5) is 13.2 Å². The van der Waals surface area contributed by atoms with Crippen LogP contribution in [0.1, 0.15) is 42.1 Å². The number of rotatable bonds is 6. The van der Waals surface area contributed by atoms with Crippen LogP contribution in [0.3, 0.4) is 0 Å². The largest absolute Gasteiger partial charge is 0.480 e. The van der Waals surface area contributed by atoms with Crippen LogP contribution in [-0.2, 0) is 20.6 Å². The number of carboxylic acid groups (broad SMARTS) is 1. The van der Waals surface area contributed by atoms with Crippen molar-refractivity contribution in [3.63, 3.8) is 0 Å². The quantitative estimate of drug-likeness (QED) is 0.716. The van der Waals surface area contributed by atoms with E-state index in [1.54, 1.807) is 0 Å². The lowest BCUT2D eigenvalue weighted by Gasteiger charge is -2.23. The number of hydrogen-bond acceptors (Lipinski definition) is 5. The number of amides is 1. The van der Waals surface area contributed by atoms with Crippen molar-refractivity contribution in [2.45, 2.75) is 43.7 Å². The Bertz CT molecular complexity index is 796. The van der Waals surface area contributed by atoms with Crippen molar-refractivity contribution < 1.29 is 37.5 Å². The number of alkyl halides is 3. The summed E-state index contributed by atoms with van der Waals surface area (Å²) in [4.78, 5) is 49.1. The average molecular weight is 417 g/mol. The van der Waals surface area contributed by atoms with Crippen molar-refractivity contribution in [3.8, 4) is 0 Å². The van der Waals surface area contributed by atoms with E-state index in [0.717, 1.165) is 17.0 Å². The summed E-state index contributed by atoms with van der Waals surface area (Å²) < 4.78 is 38.7. The van der Waals surface area contributed by atoms with Crippen LogP contribution >= 0.6 is 11.8 Å². The monoisotopic (exact) mass is 417 g/mol. The minimum Gasteiger partial charge on any atom is -0.480 e. The van der Waals surface area contributed by atoms with E-state index < -0.39 is 52.2 Å². The van der Waals surface area contributed by atoms with E-state index in [-0.39, 0.29) is 18.5 Å². The predicted octanol–water partition coefficient (Wildman–Crippen LogP) is 3.00. The molecule has 1 amide bonds. The van der Waals surface area contributed by atoms with Gasteiger partial charge < -0.3 is 10.0 Å². The second-order valence-electron chi connectivity index (χ2n) is 6.33. The number of hydrogen-bond donors (Lipinski definition) is 1. The first kappa shape index (κ1) is 21.9. The fraction of sp³-hybridized carbons (Fsp3) is 0.444. The maximum Gasteiger partial charge on any atom is 0.416 e. The van der Waals surface area contributed by atoms with Gasteiger partial charge in [-0.25, -0.2) is 4.79 Å². The highest BCUT2D eigenvalue weighted by Gasteiger charge is 2.37. The molecule has 2 rings (SSSR count). The molecule has 2 atom stereocenters. The molecule has 0 aromatic heterocycles. The number of ketones is 1. The molecule has 152 valence electrons. The van der Waals surface area contributed by atoms with Crippen molar-refractivity contribution in [2.24, 2.45) is 0 Å². The van der Waals surface area contributed by atoms with Gasteiger partial charge in [0.25, 0.3) is 0 Å². The van der Waals surface area contributed by atoms with Crippen LogP contribution in [0.2, 0.25) is 0 Å². The first-order valence-corrected chi connectivity index (χ1v) is 9.29. The summed E-state index contributed by atoms with van der Waals surface area (Å²) >= 11 is 0.548. The lowest BCUT2D eigenvalue weighted by atomic mass is 10.0. The maximum absolute atomic E-state index is 12.9. The Morgan fingerprint density at radius 2 is 1.96 bits per heavy atom. The number of carboxylic acids is 1. The molecular weight excluding hydrogens is 399 g/mol. The molecule has 6 nitrogen and oxygen atoms in total. The zero-order valence-electron chi connectivity index (χ0n) is 14.9. The number of halogens is 3. The lowest BCUT2D eigenvalue weighted by Crippen LogP contribution is -2.42. The summed E-state index contributed by atoms with van der Waals surface area (Å²) in [5, 5.41) is 7.47. The third-order valence-corrected chi connectivity index (χ3v) is 5.29. The first-order valence-electron chi connectivity index (χ1n) is 8.41. The van der Waals surface area contributed by atoms with Gasteiger partial charge in [-0.2, -0.15) is 13.2 Å². The molecule has 0 spiro atoms. The van der Waals surface area contributed by atoms with Crippen LogP contribution in [0.25, 0.3) is 0 Å². The molecule has 1 unspecified atom stereocenters. The fourth-order valence-corrected chi connectivity index (χ4v) is 3.89. The summed E-state index contributed by atoms with van der Waals surface area (Å²) in [5.74, 6) is -2.57. The van der Waals surface area contributed by atoms with Crippen LogP contribution in [0.15, 0.2) is 24.3 Å². The zero-order chi connectivity index (χ0) is 21.1. The topological polar surface area (TPSA) is 91.8 Å². The Hall–Kier alpha value is -2.36. The molecule has 1 saturated heterocycles. The van der Waals surface area contributed by atoms with Crippen molar-refractivity contribution in [3.05, 3.63) is 35.4 Å². The van der Waals surface area contributed by atoms with Gasteiger partial charge in [0.05, 0.1) is 10.8 Å². The first-order chi connectivity index (χ1) is 13.0. The molecule has 0 bridgehead atoms. The Balaban J connectivity index is 2.24. The van der Waals surface area contributed by atoms with Gasteiger partial charge in [0.2, 0.25) is 5.91 Å². The molecule has 1 aliphatic heterocycles. The Kier molecular flexibility index (Phi) is 6.87. The smallest absolute Gasteiger partial charge is 0.416 e. The van der Waals surface area contributed by atoms with E-state index >= 15 is 0 Å². The van der Waals surface area contributed by atoms with Crippen LogP contribution in [0.5, 0.6) is 0 Å². The van der Waals surface area contributed by atoms with Gasteiger partial charge in [-0.3, -0.25) is 14.4 Å². The fourth-order valence-electron chi connectivity index (χ4n) is 3.02. The van der Waals surface area contributed by atoms with Gasteiger partial charge in [-0.15, -0.1) is 0 Å². The maximum atomic E-state index is 12.9. The summed E-state index contributed by atoms with van der Waals surface area (Å²) in [6.45, 7) is 1.39. The van der Waals surface area contributed by atoms with Crippen LogP contribution in [-0.4, -0.2) is 50.6 Å². The van der Waals surface area contributed by atoms with Gasteiger partial charge in [0.15, 0.2) is 10.9 Å². The van der Waals surface area contributed by atoms with Crippen molar-refractivity contribution in [2.75, 3.05) is 6.54 Å². The molecule has 0 saturated carbocycles. The predicted molar refractivity (Wildman–Crippen MR) is 94.8 cm³/mol. The third-order valence-electron chi connectivity index (χ3n) is 4.29. The molecule has 1 N–H and O–H groups in total. The van der Waals surface area contributed by atoms with E-state index in [1.807, 2.05) is 0 Å². The Morgan fingerprint density at radius 3 is 2.54 bits per heavy atom. The number of Topliss-reactive ketones (excluding diaryl/α,β-unsaturated/α-hetero) is 1. The van der Waals surface area contributed by atoms with Crippen LogP contribution in [0, 0.1) is 0 Å². The lowest BCUT2D eigenvalue weighted by molar-refractivity contribution is -0.148. The second kappa shape index (κ2) is 8.76. The zero-order valence-corrected chi connectivity index (χ0v) is 15.7. The van der Waals surface area contributed by atoms with E-state index in [1.165, 1.54) is 13.0 Å². The van der Waals surface area contributed by atoms with E-state index in [2.05, 4.69) is 0 Å². The molecule has 1 aliphatic rings. The van der Waals surface area contributed by atoms with E-state index in [0.29, 0.717) is 24.2 Å². The number of carbonyl (C=O) groups is 4. The molecular formula is C18H18F3NO5S. The van der Waals surface area contributed by atoms with Gasteiger partial charge in [0, 0.05) is 25.5 Å². The van der Waals surface area contributed by atoms with Crippen molar-refractivity contribution >= 4 is 34.5 Å². The second-order valence-corrected chi connectivity index (χ2v) is 7.71. The molecule has 1 aromatic carbocycles. The summed E-state index contributed by atoms with van der Waals surface area (Å²) in [7, 11) is 0. The number of carbonyl (C=O) groups excluding carboxylic acids is 3. The summed E-state index contributed by atoms with van der Waals surface area (Å²) in [6, 6.07) is 2.76. The number of likely N-dealkylation sites (tertiary alicyclic amines) is 1. The highest BCUT2D eigenvalue weighted by Crippen LogP contribution is 2.31. The van der Waals surface area contributed by atoms with Crippen molar-refractivity contribution in [1.82, 2.24) is 4.90 Å². The molecule has 0 radical (unpaired) electrons. The highest BCUT2D eigenvalue weighted by molar-refractivity contribution is 8.14. The third kappa shape index (κ3) is 5.34. The number of aliphatic carboxylic acids is 1. The number of benzene rings is 1. The SMILES string of the molecule is CC(=O)SC(CC(=O)N1CCC[C@H]1C(=O)O)C(=O)c1cccc(C(F)(F)F)c1. The molecule has 1 heterocycles. The molecule has 1 fully saturated rings. The van der Waals surface area contributed by atoms with Crippen molar-refractivity contribution in [1.29, 1.82) is 0 Å². The molecule has 0 aliphatic carbocycles. The van der Waals surface area contributed by atoms with Crippen LogP contribution < -0.4 is 0 Å². The van der Waals surface area contributed by atoms with Gasteiger partial charge in [0.1, 0.15) is 6.04 Å². The molecule has 1 aromatic rings. The number of nitrogens with zero attached hydrogens (tertiary/aromatic N) is 1. The Labute approximate surface area is 163 Å². The highest BCUT2D eigenvalue weighted by atomic mass is 32.2. The molecule has 10 heteroatoms. The Morgan fingerprint density at radius 1 is 1.29 bits per heavy atom.